The maximum atomic E-state index is 5.66. The van der Waals surface area contributed by atoms with Crippen molar-refractivity contribution in [3.63, 3.8) is 0 Å². The molecule has 0 radical (unpaired) electrons. The Balaban J connectivity index is 1.52. The van der Waals surface area contributed by atoms with Crippen LogP contribution in [0, 0.1) is 0 Å². The molecule has 9 rings (SSSR count). The number of fused-ring (bicyclic) bond motifs is 16. The van der Waals surface area contributed by atoms with Crippen molar-refractivity contribution in [2.24, 2.45) is 0 Å². The van der Waals surface area contributed by atoms with Crippen LogP contribution >= 0.6 is 15.9 Å². The van der Waals surface area contributed by atoms with E-state index in [2.05, 4.69) is 137 Å². The molecule has 0 heterocycles. The molecule has 0 fully saturated rings. The summed E-state index contributed by atoms with van der Waals surface area (Å²) in [6.07, 6.45) is 0. The van der Waals surface area contributed by atoms with Crippen molar-refractivity contribution in [1.82, 2.24) is 0 Å². The lowest BCUT2D eigenvalue weighted by Gasteiger charge is -2.31. The van der Waals surface area contributed by atoms with Gasteiger partial charge >= 0.3 is 0 Å². The first kappa shape index (κ1) is 22.4. The minimum atomic E-state index is -0.375. The predicted octanol–water partition coefficient (Wildman–Crippen LogP) is 10.3. The van der Waals surface area contributed by atoms with E-state index in [-0.39, 0.29) is 5.41 Å². The van der Waals surface area contributed by atoms with Gasteiger partial charge in [0, 0.05) is 4.47 Å². The lowest BCUT2D eigenvalue weighted by atomic mass is 9.70. The maximum Gasteiger partial charge on any atom is 0.119 e. The van der Waals surface area contributed by atoms with Crippen molar-refractivity contribution in [3.05, 3.63) is 148 Å². The van der Waals surface area contributed by atoms with Gasteiger partial charge in [0.2, 0.25) is 0 Å². The number of methoxy groups -OCH3 is 1. The lowest BCUT2D eigenvalue weighted by molar-refractivity contribution is 0.415. The fraction of sp³-hybridized carbons (Fsp3) is 0.0526. The van der Waals surface area contributed by atoms with Gasteiger partial charge in [-0.1, -0.05) is 101 Å². The van der Waals surface area contributed by atoms with E-state index in [9.17, 15) is 0 Å². The van der Waals surface area contributed by atoms with Crippen LogP contribution in [0.2, 0.25) is 0 Å². The van der Waals surface area contributed by atoms with Crippen molar-refractivity contribution in [1.29, 1.82) is 0 Å². The van der Waals surface area contributed by atoms with E-state index in [0.29, 0.717) is 0 Å². The monoisotopic (exact) mass is 574 g/mol. The number of rotatable bonds is 1. The Kier molecular flexibility index (Phi) is 4.39. The molecule has 40 heavy (non-hydrogen) atoms. The number of benzene rings is 7. The second-order valence-corrected chi connectivity index (χ2v) is 11.8. The minimum absolute atomic E-state index is 0.375. The van der Waals surface area contributed by atoms with Crippen molar-refractivity contribution >= 4 is 48.2 Å². The molecule has 0 aromatic heterocycles. The Morgan fingerprint density at radius 2 is 1.00 bits per heavy atom. The van der Waals surface area contributed by atoms with Crippen LogP contribution in [0.3, 0.4) is 0 Å². The highest BCUT2D eigenvalue weighted by Crippen LogP contribution is 2.63. The number of ether oxygens (including phenoxy) is 1. The highest BCUT2D eigenvalue weighted by atomic mass is 79.9. The van der Waals surface area contributed by atoms with E-state index in [1.807, 2.05) is 0 Å². The Morgan fingerprint density at radius 3 is 1.70 bits per heavy atom. The van der Waals surface area contributed by atoms with Gasteiger partial charge in [0.1, 0.15) is 5.75 Å². The molecular formula is C38H23BrO. The van der Waals surface area contributed by atoms with E-state index in [4.69, 9.17) is 4.74 Å². The van der Waals surface area contributed by atoms with Crippen LogP contribution in [-0.4, -0.2) is 7.11 Å². The van der Waals surface area contributed by atoms with Gasteiger partial charge in [0.05, 0.1) is 12.5 Å². The third kappa shape index (κ3) is 2.63. The first-order valence-electron chi connectivity index (χ1n) is 13.7. The van der Waals surface area contributed by atoms with Crippen LogP contribution in [0.5, 0.6) is 5.75 Å². The average molecular weight is 576 g/mol. The highest BCUT2D eigenvalue weighted by Gasteiger charge is 2.51. The molecule has 0 aliphatic heterocycles. The zero-order valence-electron chi connectivity index (χ0n) is 21.8. The molecule has 2 aliphatic carbocycles. The van der Waals surface area contributed by atoms with E-state index >= 15 is 0 Å². The summed E-state index contributed by atoms with van der Waals surface area (Å²) in [6, 6.07) is 45.0. The first-order chi connectivity index (χ1) is 19.7. The topological polar surface area (TPSA) is 9.23 Å². The molecule has 0 bridgehead atoms. The average Bonchev–Trinajstić information content (AvgIpc) is 3.46. The Labute approximate surface area is 240 Å². The molecule has 0 saturated carbocycles. The second kappa shape index (κ2) is 7.84. The fourth-order valence-corrected chi connectivity index (χ4v) is 8.02. The third-order valence-corrected chi connectivity index (χ3v) is 9.71. The van der Waals surface area contributed by atoms with Gasteiger partial charge in [-0.15, -0.1) is 0 Å². The summed E-state index contributed by atoms with van der Waals surface area (Å²) in [4.78, 5) is 0. The molecular weight excluding hydrogens is 552 g/mol. The van der Waals surface area contributed by atoms with E-state index in [0.717, 1.165) is 10.2 Å². The summed E-state index contributed by atoms with van der Waals surface area (Å²) in [7, 11) is 1.74. The van der Waals surface area contributed by atoms with Crippen LogP contribution in [0.25, 0.3) is 54.6 Å². The smallest absolute Gasteiger partial charge is 0.119 e. The number of halogens is 1. The summed E-state index contributed by atoms with van der Waals surface area (Å²) < 4.78 is 6.77. The Morgan fingerprint density at radius 1 is 0.450 bits per heavy atom. The van der Waals surface area contributed by atoms with Crippen LogP contribution < -0.4 is 4.74 Å². The molecule has 0 saturated heterocycles. The first-order valence-corrected chi connectivity index (χ1v) is 14.5. The van der Waals surface area contributed by atoms with Crippen molar-refractivity contribution in [2.45, 2.75) is 5.41 Å². The quantitative estimate of drug-likeness (QED) is 0.177. The van der Waals surface area contributed by atoms with Gasteiger partial charge in [0.15, 0.2) is 0 Å². The molecule has 1 spiro atoms. The predicted molar refractivity (Wildman–Crippen MR) is 170 cm³/mol. The molecule has 0 atom stereocenters. The third-order valence-electron chi connectivity index (χ3n) is 9.21. The van der Waals surface area contributed by atoms with Crippen LogP contribution in [0.4, 0.5) is 0 Å². The largest absolute Gasteiger partial charge is 0.497 e. The molecule has 7 aromatic rings. The normalized spacial score (nSPS) is 13.9. The van der Waals surface area contributed by atoms with Crippen molar-refractivity contribution < 1.29 is 4.74 Å². The molecule has 1 nitrogen and oxygen atoms in total. The Hall–Kier alpha value is -4.40. The van der Waals surface area contributed by atoms with Gasteiger partial charge in [-0.25, -0.2) is 0 Å². The van der Waals surface area contributed by atoms with Crippen LogP contribution in [0.1, 0.15) is 22.3 Å². The van der Waals surface area contributed by atoms with Crippen molar-refractivity contribution in [3.8, 4) is 28.0 Å². The van der Waals surface area contributed by atoms with Crippen LogP contribution in [-0.2, 0) is 5.41 Å². The molecule has 0 unspecified atom stereocenters. The molecule has 2 aliphatic rings. The summed E-state index contributed by atoms with van der Waals surface area (Å²) in [5.41, 5.74) is 10.3. The fourth-order valence-electron chi connectivity index (χ4n) is 7.66. The van der Waals surface area contributed by atoms with Gasteiger partial charge in [-0.05, 0) is 113 Å². The molecule has 2 heteroatoms. The highest BCUT2D eigenvalue weighted by molar-refractivity contribution is 9.10. The van der Waals surface area contributed by atoms with E-state index in [1.165, 1.54) is 76.8 Å². The molecule has 0 amide bonds. The second-order valence-electron chi connectivity index (χ2n) is 10.9. The standard InChI is InChI=1S/C38H23BrO/c1-40-23-15-17-26-30(19-23)24-8-2-3-9-25(24)31-20-33-29-16-14-22(39)18-36(29)38(37(33)21-32(26)31)34-12-6-4-10-27(34)28-11-5-7-13-35(28)38/h2-21H,1H3. The Bertz CT molecular complexity index is 2180. The molecule has 7 aromatic carbocycles. The zero-order chi connectivity index (χ0) is 26.6. The van der Waals surface area contributed by atoms with Gasteiger partial charge < -0.3 is 4.74 Å². The lowest BCUT2D eigenvalue weighted by Crippen LogP contribution is -2.25. The summed E-state index contributed by atoms with van der Waals surface area (Å²) in [5.74, 6) is 0.880. The maximum absolute atomic E-state index is 5.66. The molecule has 188 valence electrons. The zero-order valence-corrected chi connectivity index (χ0v) is 23.4. The SMILES string of the molecule is COc1ccc2c(c1)c1ccccc1c1cc3c(cc21)C1(c2ccccc2-c2ccccc21)c1cc(Br)ccc1-3. The summed E-state index contributed by atoms with van der Waals surface area (Å²) >= 11 is 3.83. The number of hydrogen-bond acceptors (Lipinski definition) is 1. The minimum Gasteiger partial charge on any atom is -0.497 e. The van der Waals surface area contributed by atoms with Gasteiger partial charge in [0.25, 0.3) is 0 Å². The summed E-state index contributed by atoms with van der Waals surface area (Å²) in [5, 5.41) is 7.57. The van der Waals surface area contributed by atoms with Gasteiger partial charge in [-0.3, -0.25) is 0 Å². The van der Waals surface area contributed by atoms with E-state index in [1.54, 1.807) is 7.11 Å². The van der Waals surface area contributed by atoms with Crippen LogP contribution in [0.15, 0.2) is 126 Å². The van der Waals surface area contributed by atoms with Gasteiger partial charge in [-0.2, -0.15) is 0 Å². The molecule has 0 N–H and O–H groups in total. The van der Waals surface area contributed by atoms with E-state index < -0.39 is 0 Å². The number of hydrogen-bond donors (Lipinski definition) is 0. The summed E-state index contributed by atoms with van der Waals surface area (Å²) in [6.45, 7) is 0. The van der Waals surface area contributed by atoms with Crippen molar-refractivity contribution in [2.75, 3.05) is 7.11 Å².